The van der Waals surface area contributed by atoms with Crippen molar-refractivity contribution in [3.8, 4) is 0 Å². The minimum absolute atomic E-state index is 0.00358. The van der Waals surface area contributed by atoms with Gasteiger partial charge in [-0.15, -0.1) is 0 Å². The van der Waals surface area contributed by atoms with E-state index in [1.165, 1.54) is 50.6 Å². The van der Waals surface area contributed by atoms with Gasteiger partial charge in [0.2, 0.25) is 23.5 Å². The van der Waals surface area contributed by atoms with Crippen LogP contribution >= 0.6 is 0 Å². The second-order valence-electron chi connectivity index (χ2n) is 14.4. The van der Waals surface area contributed by atoms with Gasteiger partial charge < -0.3 is 65.0 Å². The first-order valence-corrected chi connectivity index (χ1v) is 19.1. The number of rotatable bonds is 19. The van der Waals surface area contributed by atoms with Crippen LogP contribution < -0.4 is 37.2 Å². The summed E-state index contributed by atoms with van der Waals surface area (Å²) >= 11 is 0. The minimum atomic E-state index is -0.591. The molecule has 0 atom stereocenters. The Labute approximate surface area is 350 Å². The lowest BCUT2D eigenvalue weighted by Crippen LogP contribution is -2.32. The average Bonchev–Trinajstić information content (AvgIpc) is 4.03. The fourth-order valence-corrected chi connectivity index (χ4v) is 5.95. The van der Waals surface area contributed by atoms with Gasteiger partial charge in [0, 0.05) is 92.5 Å². The van der Waals surface area contributed by atoms with Crippen LogP contribution in [0, 0.1) is 0 Å². The highest BCUT2D eigenvalue weighted by Gasteiger charge is 2.21. The van der Waals surface area contributed by atoms with E-state index in [0.29, 0.717) is 18.1 Å². The van der Waals surface area contributed by atoms with E-state index < -0.39 is 35.4 Å². The highest BCUT2D eigenvalue weighted by molar-refractivity contribution is 6.05. The monoisotopic (exact) mass is 842 g/mol. The molecule has 5 rings (SSSR count). The normalized spacial score (nSPS) is 11.0. The summed E-state index contributed by atoms with van der Waals surface area (Å²) in [6, 6.07) is 4.54. The van der Waals surface area contributed by atoms with Crippen LogP contribution in [0.4, 0.5) is 23.1 Å². The van der Waals surface area contributed by atoms with Crippen molar-refractivity contribution in [2.45, 2.75) is 19.3 Å². The number of nitrogens with one attached hydrogen (secondary N) is 7. The van der Waals surface area contributed by atoms with Gasteiger partial charge in [-0.05, 0) is 45.3 Å². The number of hydrogen-bond donors (Lipinski definition) is 7. The molecule has 61 heavy (non-hydrogen) atoms. The van der Waals surface area contributed by atoms with Crippen molar-refractivity contribution in [3.05, 3.63) is 78.0 Å². The highest BCUT2D eigenvalue weighted by Crippen LogP contribution is 2.17. The molecule has 0 fully saturated rings. The van der Waals surface area contributed by atoms with Crippen molar-refractivity contribution >= 4 is 64.5 Å². The first kappa shape index (κ1) is 44.5. The molecule has 5 heterocycles. The molecular weight excluding hydrogens is 793 g/mol. The largest absolute Gasteiger partial charge is 0.356 e. The van der Waals surface area contributed by atoms with Crippen molar-refractivity contribution in [2.24, 2.45) is 35.2 Å². The number of carbonyl (C=O) groups excluding carboxylic acids is 7. The molecule has 0 bridgehead atoms. The molecule has 324 valence electrons. The summed E-state index contributed by atoms with van der Waals surface area (Å²) in [5.74, 6) is -2.68. The predicted molar refractivity (Wildman–Crippen MR) is 223 cm³/mol. The van der Waals surface area contributed by atoms with Crippen LogP contribution in [0.1, 0.15) is 72.0 Å². The zero-order valence-corrected chi connectivity index (χ0v) is 35.0. The standard InChI is InChI=1S/C38H50N16O7/c1-49(2)16-8-13-39-30(55)11-14-41-36(59)26-17-23(18-51(26)4)43-37(60)32-45-27(20-52(32)5)44-31(56)12-15-40-35(58)25-9-10-29(54(25)7)48-38(61)33-46-28(21-53(33)6)47-34(57)24-19-50(3)22-42-24/h9-10,17-22H,8,11-16H2,1-7H3,(H,39,55)(H,40,58)(H,41,59)(H,43,60)(H,44,56)(H,47,57)(H,48,61). The molecule has 0 saturated carbocycles. The number of hydrogen-bond acceptors (Lipinski definition) is 11. The van der Waals surface area contributed by atoms with E-state index in [4.69, 9.17) is 0 Å². The van der Waals surface area contributed by atoms with Gasteiger partial charge in [-0.25, -0.2) is 15.0 Å². The Hall–Kier alpha value is -7.56. The predicted octanol–water partition coefficient (Wildman–Crippen LogP) is 0.267. The quantitative estimate of drug-likeness (QED) is 0.0555. The molecule has 23 nitrogen and oxygen atoms in total. The molecule has 0 radical (unpaired) electrons. The van der Waals surface area contributed by atoms with Crippen LogP contribution in [0.3, 0.4) is 0 Å². The Kier molecular flexibility index (Phi) is 14.6. The van der Waals surface area contributed by atoms with Crippen LogP contribution in [-0.4, -0.2) is 124 Å². The molecule has 7 N–H and O–H groups in total. The number of aromatic nitrogens is 8. The van der Waals surface area contributed by atoms with E-state index in [9.17, 15) is 33.6 Å². The number of carbonyl (C=O) groups is 7. The number of imidazole rings is 3. The number of anilines is 4. The minimum Gasteiger partial charge on any atom is -0.356 e. The summed E-state index contributed by atoms with van der Waals surface area (Å²) in [6.45, 7) is 1.51. The third-order valence-corrected chi connectivity index (χ3v) is 9.08. The number of nitrogens with zero attached hydrogens (tertiary/aromatic N) is 9. The summed E-state index contributed by atoms with van der Waals surface area (Å²) in [6.07, 6.45) is 8.35. The molecule has 7 amide bonds. The second-order valence-corrected chi connectivity index (χ2v) is 14.4. The van der Waals surface area contributed by atoms with Gasteiger partial charge in [0.1, 0.15) is 22.9 Å². The molecule has 0 unspecified atom stereocenters. The van der Waals surface area contributed by atoms with E-state index in [0.717, 1.165) is 13.0 Å². The molecule has 0 saturated heterocycles. The molecular formula is C38H50N16O7. The third-order valence-electron chi connectivity index (χ3n) is 9.08. The van der Waals surface area contributed by atoms with Gasteiger partial charge in [0.15, 0.2) is 11.6 Å². The van der Waals surface area contributed by atoms with Crippen LogP contribution in [-0.2, 0) is 44.8 Å². The Morgan fingerprint density at radius 2 is 1.21 bits per heavy atom. The van der Waals surface area contributed by atoms with E-state index >= 15 is 0 Å². The number of aryl methyl sites for hydroxylation is 4. The van der Waals surface area contributed by atoms with Crippen molar-refractivity contribution in [2.75, 3.05) is 61.5 Å². The fourth-order valence-electron chi connectivity index (χ4n) is 5.95. The lowest BCUT2D eigenvalue weighted by atomic mass is 10.3. The van der Waals surface area contributed by atoms with Crippen LogP contribution in [0.25, 0.3) is 0 Å². The van der Waals surface area contributed by atoms with Gasteiger partial charge in [-0.1, -0.05) is 0 Å². The van der Waals surface area contributed by atoms with Crippen LogP contribution in [0.5, 0.6) is 0 Å². The maximum atomic E-state index is 13.1. The lowest BCUT2D eigenvalue weighted by molar-refractivity contribution is -0.121. The topological polar surface area (TPSA) is 270 Å². The SMILES string of the molecule is CN(C)CCCNC(=O)CCNC(=O)c1cc(NC(=O)c2nc(NC(=O)CCNC(=O)c3ccc(NC(=O)c4nc(NC(=O)c5cn(C)cn5)cn4C)n3C)cn2C)cn1C. The molecule has 0 aliphatic carbocycles. The van der Waals surface area contributed by atoms with E-state index in [2.05, 4.69) is 52.2 Å². The summed E-state index contributed by atoms with van der Waals surface area (Å²) in [5, 5.41) is 18.8. The van der Waals surface area contributed by atoms with Gasteiger partial charge in [0.05, 0.1) is 12.0 Å². The van der Waals surface area contributed by atoms with E-state index in [-0.39, 0.29) is 72.2 Å². The van der Waals surface area contributed by atoms with Gasteiger partial charge in [0.25, 0.3) is 29.5 Å². The van der Waals surface area contributed by atoms with Gasteiger partial charge >= 0.3 is 0 Å². The van der Waals surface area contributed by atoms with E-state index in [1.807, 2.05) is 19.0 Å². The first-order valence-electron chi connectivity index (χ1n) is 19.1. The second kappa shape index (κ2) is 19.9. The molecule has 5 aromatic rings. The zero-order valence-electron chi connectivity index (χ0n) is 35.0. The smallest absolute Gasteiger partial charge is 0.292 e. The Balaban J connectivity index is 1.05. The van der Waals surface area contributed by atoms with Crippen molar-refractivity contribution in [1.29, 1.82) is 0 Å². The van der Waals surface area contributed by atoms with Gasteiger partial charge in [-0.2, -0.15) is 0 Å². The van der Waals surface area contributed by atoms with Crippen LogP contribution in [0.15, 0.2) is 49.3 Å². The zero-order chi connectivity index (χ0) is 44.4. The van der Waals surface area contributed by atoms with Crippen molar-refractivity contribution in [1.82, 2.24) is 58.6 Å². The fraction of sp³-hybridized carbons (Fsp3) is 0.368. The molecule has 0 aliphatic rings. The number of amides is 7. The maximum Gasteiger partial charge on any atom is 0.292 e. The maximum absolute atomic E-state index is 13.1. The molecule has 23 heteroatoms. The summed E-state index contributed by atoms with van der Waals surface area (Å²) in [5.41, 5.74) is 0.991. The first-order chi connectivity index (χ1) is 29.0. The van der Waals surface area contributed by atoms with E-state index in [1.54, 1.807) is 56.8 Å². The van der Waals surface area contributed by atoms with Crippen LogP contribution in [0.2, 0.25) is 0 Å². The Bertz CT molecular complexity index is 2430. The Morgan fingerprint density at radius 3 is 1.84 bits per heavy atom. The molecule has 0 aromatic carbocycles. The summed E-state index contributed by atoms with van der Waals surface area (Å²) < 4.78 is 7.49. The lowest BCUT2D eigenvalue weighted by Gasteiger charge is -2.10. The van der Waals surface area contributed by atoms with Gasteiger partial charge in [-0.3, -0.25) is 33.6 Å². The summed E-state index contributed by atoms with van der Waals surface area (Å²) in [4.78, 5) is 104. The van der Waals surface area contributed by atoms with Crippen molar-refractivity contribution in [3.63, 3.8) is 0 Å². The molecule has 0 aliphatic heterocycles. The Morgan fingerprint density at radius 1 is 0.607 bits per heavy atom. The third kappa shape index (κ3) is 12.0. The summed E-state index contributed by atoms with van der Waals surface area (Å²) in [7, 11) is 12.0. The average molecular weight is 843 g/mol. The molecule has 5 aromatic heterocycles. The molecule has 0 spiro atoms. The van der Waals surface area contributed by atoms with Crippen molar-refractivity contribution < 1.29 is 33.6 Å². The highest BCUT2D eigenvalue weighted by atomic mass is 16.2.